The number of nitrogens with zero attached hydrogens (tertiary/aromatic N) is 2. The summed E-state index contributed by atoms with van der Waals surface area (Å²) >= 11 is 0. The number of esters is 1. The summed E-state index contributed by atoms with van der Waals surface area (Å²) in [5.41, 5.74) is -0.700. The molecule has 0 radical (unpaired) electrons. The number of nitrogens with one attached hydrogen (secondary N) is 1. The van der Waals surface area contributed by atoms with Crippen LogP contribution in [0, 0.1) is 0 Å². The Hall–Kier alpha value is -2.26. The van der Waals surface area contributed by atoms with Crippen LogP contribution in [0.5, 0.6) is 0 Å². The van der Waals surface area contributed by atoms with Gasteiger partial charge >= 0.3 is 18.2 Å². The summed E-state index contributed by atoms with van der Waals surface area (Å²) in [6, 6.07) is -2.06. The molecule has 1 N–H and O–H groups in total. The minimum atomic E-state index is -4.65. The van der Waals surface area contributed by atoms with Gasteiger partial charge in [0.2, 0.25) is 0 Å². The summed E-state index contributed by atoms with van der Waals surface area (Å²) in [6.45, 7) is 5.93. The second-order valence-electron chi connectivity index (χ2n) is 6.62. The zero-order valence-electron chi connectivity index (χ0n) is 14.4. The SMILES string of the molecule is CCOC(=O)c1n[nH]c2c1CN(C(=O)OC(C)(C)C)[C@@H](C(F)(F)F)C2. The first-order valence-electron chi connectivity index (χ1n) is 7.73. The van der Waals surface area contributed by atoms with Gasteiger partial charge in [-0.05, 0) is 27.7 Å². The van der Waals surface area contributed by atoms with Gasteiger partial charge in [0.15, 0.2) is 5.69 Å². The predicted molar refractivity (Wildman–Crippen MR) is 79.9 cm³/mol. The molecular formula is C15H20F3N3O4. The number of H-pyrrole nitrogens is 1. The van der Waals surface area contributed by atoms with Crippen molar-refractivity contribution >= 4 is 12.1 Å². The third kappa shape index (κ3) is 4.23. The van der Waals surface area contributed by atoms with E-state index in [9.17, 15) is 22.8 Å². The highest BCUT2D eigenvalue weighted by molar-refractivity contribution is 5.89. The van der Waals surface area contributed by atoms with Crippen LogP contribution in [-0.2, 0) is 22.4 Å². The molecule has 2 heterocycles. The minimum Gasteiger partial charge on any atom is -0.461 e. The zero-order valence-corrected chi connectivity index (χ0v) is 14.4. The van der Waals surface area contributed by atoms with Crippen LogP contribution in [0.25, 0.3) is 0 Å². The van der Waals surface area contributed by atoms with Crippen molar-refractivity contribution in [2.75, 3.05) is 6.61 Å². The molecule has 7 nitrogen and oxygen atoms in total. The number of amides is 1. The highest BCUT2D eigenvalue weighted by atomic mass is 19.4. The van der Waals surface area contributed by atoms with E-state index in [2.05, 4.69) is 10.2 Å². The van der Waals surface area contributed by atoms with Gasteiger partial charge in [0, 0.05) is 17.7 Å². The van der Waals surface area contributed by atoms with Crippen LogP contribution in [0.2, 0.25) is 0 Å². The normalized spacial score (nSPS) is 17.9. The maximum absolute atomic E-state index is 13.4. The summed E-state index contributed by atoms with van der Waals surface area (Å²) < 4.78 is 50.1. The standard InChI is InChI=1S/C15H20F3N3O4/c1-5-24-12(22)11-8-7-21(13(23)25-14(2,3)4)10(15(16,17)18)6-9(8)19-20-11/h10H,5-7H2,1-4H3,(H,19,20)/t10-/m1/s1. The minimum absolute atomic E-state index is 0.0986. The van der Waals surface area contributed by atoms with E-state index in [-0.39, 0.29) is 23.6 Å². The van der Waals surface area contributed by atoms with Gasteiger partial charge in [-0.15, -0.1) is 0 Å². The van der Waals surface area contributed by atoms with Crippen LogP contribution in [0.15, 0.2) is 0 Å². The number of alkyl halides is 3. The van der Waals surface area contributed by atoms with Gasteiger partial charge < -0.3 is 9.47 Å². The number of ether oxygens (including phenoxy) is 2. The largest absolute Gasteiger partial charge is 0.461 e. The highest BCUT2D eigenvalue weighted by Crippen LogP contribution is 2.35. The molecule has 0 aliphatic carbocycles. The van der Waals surface area contributed by atoms with Gasteiger partial charge in [-0.1, -0.05) is 0 Å². The van der Waals surface area contributed by atoms with E-state index in [1.54, 1.807) is 27.7 Å². The van der Waals surface area contributed by atoms with Crippen LogP contribution in [0.3, 0.4) is 0 Å². The lowest BCUT2D eigenvalue weighted by atomic mass is 9.98. The van der Waals surface area contributed by atoms with Crippen LogP contribution in [0.4, 0.5) is 18.0 Å². The van der Waals surface area contributed by atoms with Crippen molar-refractivity contribution in [2.45, 2.75) is 58.5 Å². The summed E-state index contributed by atoms with van der Waals surface area (Å²) in [7, 11) is 0. The van der Waals surface area contributed by atoms with Crippen molar-refractivity contribution in [1.82, 2.24) is 15.1 Å². The predicted octanol–water partition coefficient (Wildman–Crippen LogP) is 2.81. The van der Waals surface area contributed by atoms with Crippen LogP contribution >= 0.6 is 0 Å². The number of aromatic nitrogens is 2. The number of hydrogen-bond acceptors (Lipinski definition) is 5. The molecule has 0 fully saturated rings. The molecule has 0 aromatic carbocycles. The first-order chi connectivity index (χ1) is 11.4. The number of hydrogen-bond donors (Lipinski definition) is 1. The molecule has 0 unspecified atom stereocenters. The van der Waals surface area contributed by atoms with Gasteiger partial charge in [0.25, 0.3) is 0 Å². The third-order valence-electron chi connectivity index (χ3n) is 3.53. The van der Waals surface area contributed by atoms with E-state index in [1.807, 2.05) is 0 Å². The Balaban J connectivity index is 2.37. The molecule has 0 saturated heterocycles. The summed E-state index contributed by atoms with van der Waals surface area (Å²) in [5, 5.41) is 6.20. The summed E-state index contributed by atoms with van der Waals surface area (Å²) in [4.78, 5) is 24.7. The Morgan fingerprint density at radius 2 is 1.96 bits per heavy atom. The van der Waals surface area contributed by atoms with E-state index >= 15 is 0 Å². The lowest BCUT2D eigenvalue weighted by molar-refractivity contribution is -0.184. The molecule has 1 aliphatic heterocycles. The van der Waals surface area contributed by atoms with Crippen LogP contribution < -0.4 is 0 Å². The molecule has 1 amide bonds. The van der Waals surface area contributed by atoms with E-state index in [0.717, 1.165) is 0 Å². The summed E-state index contributed by atoms with van der Waals surface area (Å²) in [5.74, 6) is -0.755. The maximum atomic E-state index is 13.4. The van der Waals surface area contributed by atoms with Crippen molar-refractivity contribution in [3.63, 3.8) is 0 Å². The Kier molecular flexibility index (Phi) is 5.01. The topological polar surface area (TPSA) is 84.5 Å². The van der Waals surface area contributed by atoms with Gasteiger partial charge in [0.05, 0.1) is 13.2 Å². The molecule has 0 saturated carbocycles. The molecule has 1 aromatic heterocycles. The number of carbonyl (C=O) groups excluding carboxylic acids is 2. The fourth-order valence-corrected chi connectivity index (χ4v) is 2.50. The van der Waals surface area contributed by atoms with Gasteiger partial charge in [0.1, 0.15) is 11.6 Å². The molecular weight excluding hydrogens is 343 g/mol. The number of aromatic amines is 1. The maximum Gasteiger partial charge on any atom is 0.411 e. The third-order valence-corrected chi connectivity index (χ3v) is 3.53. The quantitative estimate of drug-likeness (QED) is 0.817. The fraction of sp³-hybridized carbons (Fsp3) is 0.667. The Morgan fingerprint density at radius 1 is 1.32 bits per heavy atom. The monoisotopic (exact) mass is 363 g/mol. The van der Waals surface area contributed by atoms with Crippen molar-refractivity contribution in [1.29, 1.82) is 0 Å². The Bertz CT molecular complexity index is 664. The molecule has 1 atom stereocenters. The molecule has 10 heteroatoms. The van der Waals surface area contributed by atoms with Crippen molar-refractivity contribution < 1.29 is 32.2 Å². The fourth-order valence-electron chi connectivity index (χ4n) is 2.50. The lowest BCUT2D eigenvalue weighted by Crippen LogP contribution is -2.53. The molecule has 1 aromatic rings. The van der Waals surface area contributed by atoms with Gasteiger partial charge in [-0.25, -0.2) is 9.59 Å². The smallest absolute Gasteiger partial charge is 0.411 e. The van der Waals surface area contributed by atoms with E-state index in [0.29, 0.717) is 4.90 Å². The summed E-state index contributed by atoms with van der Waals surface area (Å²) in [6.07, 6.45) is -6.29. The van der Waals surface area contributed by atoms with E-state index in [1.165, 1.54) is 0 Å². The van der Waals surface area contributed by atoms with E-state index in [4.69, 9.17) is 9.47 Å². The first kappa shape index (κ1) is 19.1. The molecule has 0 spiro atoms. The first-order valence-corrected chi connectivity index (χ1v) is 7.73. The van der Waals surface area contributed by atoms with Crippen molar-refractivity contribution in [3.8, 4) is 0 Å². The second-order valence-corrected chi connectivity index (χ2v) is 6.62. The number of rotatable bonds is 2. The average molecular weight is 363 g/mol. The second kappa shape index (κ2) is 6.57. The van der Waals surface area contributed by atoms with Gasteiger partial charge in [-0.3, -0.25) is 10.00 Å². The van der Waals surface area contributed by atoms with Crippen LogP contribution in [0.1, 0.15) is 49.4 Å². The molecule has 25 heavy (non-hydrogen) atoms. The molecule has 0 bridgehead atoms. The van der Waals surface area contributed by atoms with Crippen molar-refractivity contribution in [3.05, 3.63) is 17.0 Å². The Morgan fingerprint density at radius 3 is 2.48 bits per heavy atom. The van der Waals surface area contributed by atoms with Gasteiger partial charge in [-0.2, -0.15) is 18.3 Å². The number of halogens is 3. The van der Waals surface area contributed by atoms with Crippen molar-refractivity contribution in [2.24, 2.45) is 0 Å². The van der Waals surface area contributed by atoms with Crippen LogP contribution in [-0.4, -0.2) is 51.6 Å². The molecule has 2 rings (SSSR count). The molecule has 1 aliphatic rings. The number of fused-ring (bicyclic) bond motifs is 1. The lowest BCUT2D eigenvalue weighted by Gasteiger charge is -2.37. The highest BCUT2D eigenvalue weighted by Gasteiger charge is 2.50. The average Bonchev–Trinajstić information content (AvgIpc) is 2.86. The Labute approximate surface area is 142 Å². The molecule has 140 valence electrons. The van der Waals surface area contributed by atoms with E-state index < -0.39 is 42.8 Å². The zero-order chi connectivity index (χ0) is 19.0. The number of carbonyl (C=O) groups is 2.